The number of H-pyrrole nitrogens is 1. The summed E-state index contributed by atoms with van der Waals surface area (Å²) >= 11 is 0. The second-order valence-electron chi connectivity index (χ2n) is 4.52. The number of nitrogens with one attached hydrogen (secondary N) is 2. The van der Waals surface area contributed by atoms with E-state index in [1.54, 1.807) is 6.20 Å². The highest BCUT2D eigenvalue weighted by Gasteiger charge is 2.34. The molecule has 0 bridgehead atoms. The van der Waals surface area contributed by atoms with Gasteiger partial charge in [-0.05, 0) is 18.9 Å². The zero-order valence-electron chi connectivity index (χ0n) is 9.60. The molecule has 1 amide bonds. The van der Waals surface area contributed by atoms with Crippen LogP contribution in [0.4, 0.5) is 0 Å². The van der Waals surface area contributed by atoms with Crippen molar-refractivity contribution in [1.29, 1.82) is 0 Å². The van der Waals surface area contributed by atoms with Crippen LogP contribution in [0.2, 0.25) is 0 Å². The fourth-order valence-corrected chi connectivity index (χ4v) is 2.15. The summed E-state index contributed by atoms with van der Waals surface area (Å²) in [5, 5.41) is 19.0. The molecular weight excluding hydrogens is 220 g/mol. The summed E-state index contributed by atoms with van der Waals surface area (Å²) in [6, 6.07) is 1.61. The average Bonchev–Trinajstić information content (AvgIpc) is 2.90. The normalized spacial score (nSPS) is 28.2. The van der Waals surface area contributed by atoms with Crippen molar-refractivity contribution in [3.63, 3.8) is 0 Å². The van der Waals surface area contributed by atoms with E-state index in [0.29, 0.717) is 19.4 Å². The van der Waals surface area contributed by atoms with Crippen molar-refractivity contribution < 1.29 is 9.90 Å². The van der Waals surface area contributed by atoms with Gasteiger partial charge in [0, 0.05) is 36.8 Å². The zero-order chi connectivity index (χ0) is 12.3. The number of aromatic nitrogens is 2. The van der Waals surface area contributed by atoms with Crippen LogP contribution in [0.5, 0.6) is 0 Å². The monoisotopic (exact) mass is 238 g/mol. The van der Waals surface area contributed by atoms with Crippen LogP contribution in [0.25, 0.3) is 0 Å². The minimum Gasteiger partial charge on any atom is -0.391 e. The molecule has 1 heterocycles. The molecule has 6 nitrogen and oxygen atoms in total. The molecule has 1 aromatic heterocycles. The summed E-state index contributed by atoms with van der Waals surface area (Å²) < 4.78 is 0. The molecule has 1 saturated carbocycles. The standard InChI is InChI=1S/C11H18N4O2/c12-9-5-7(6-10(9)16)11(17)13-3-1-8-2-4-14-15-8/h2,4,7,9-10,16H,1,3,5-6,12H2,(H,13,17)(H,14,15)/t7-,9-,10-/m0/s1. The Balaban J connectivity index is 1.71. The predicted molar refractivity (Wildman–Crippen MR) is 62.0 cm³/mol. The van der Waals surface area contributed by atoms with Gasteiger partial charge in [0.1, 0.15) is 0 Å². The first-order valence-electron chi connectivity index (χ1n) is 5.86. The molecule has 0 radical (unpaired) electrons. The lowest BCUT2D eigenvalue weighted by atomic mass is 10.1. The third-order valence-corrected chi connectivity index (χ3v) is 3.20. The van der Waals surface area contributed by atoms with E-state index in [2.05, 4.69) is 15.5 Å². The van der Waals surface area contributed by atoms with Gasteiger partial charge in [0.25, 0.3) is 0 Å². The maximum absolute atomic E-state index is 11.8. The Bertz CT molecular complexity index is 356. The number of aliphatic hydroxyl groups is 1. The molecule has 94 valence electrons. The first-order valence-corrected chi connectivity index (χ1v) is 5.86. The van der Waals surface area contributed by atoms with Gasteiger partial charge in [-0.1, -0.05) is 0 Å². The number of aliphatic hydroxyl groups excluding tert-OH is 1. The van der Waals surface area contributed by atoms with E-state index in [-0.39, 0.29) is 17.9 Å². The summed E-state index contributed by atoms with van der Waals surface area (Å²) in [6.45, 7) is 0.572. The number of hydrogen-bond donors (Lipinski definition) is 4. The van der Waals surface area contributed by atoms with Gasteiger partial charge in [-0.2, -0.15) is 5.10 Å². The van der Waals surface area contributed by atoms with Gasteiger partial charge in [0.05, 0.1) is 6.10 Å². The first-order chi connectivity index (χ1) is 8.16. The maximum atomic E-state index is 11.8. The van der Waals surface area contributed by atoms with Gasteiger partial charge in [0.15, 0.2) is 0 Å². The fourth-order valence-electron chi connectivity index (χ4n) is 2.15. The van der Waals surface area contributed by atoms with Crippen LogP contribution in [0.15, 0.2) is 12.3 Å². The van der Waals surface area contributed by atoms with Gasteiger partial charge in [0.2, 0.25) is 5.91 Å². The second kappa shape index (κ2) is 5.29. The third-order valence-electron chi connectivity index (χ3n) is 3.20. The van der Waals surface area contributed by atoms with Crippen molar-refractivity contribution >= 4 is 5.91 Å². The Morgan fingerprint density at radius 3 is 3.06 bits per heavy atom. The number of nitrogens with zero attached hydrogens (tertiary/aromatic N) is 1. The van der Waals surface area contributed by atoms with E-state index in [4.69, 9.17) is 5.73 Å². The molecule has 1 aliphatic carbocycles. The van der Waals surface area contributed by atoms with Crippen molar-refractivity contribution in [3.05, 3.63) is 18.0 Å². The van der Waals surface area contributed by atoms with Crippen LogP contribution < -0.4 is 11.1 Å². The van der Waals surface area contributed by atoms with Gasteiger partial charge < -0.3 is 16.2 Å². The lowest BCUT2D eigenvalue weighted by Gasteiger charge is -2.09. The van der Waals surface area contributed by atoms with Crippen LogP contribution in [0.1, 0.15) is 18.5 Å². The van der Waals surface area contributed by atoms with Crippen LogP contribution in [-0.2, 0) is 11.2 Å². The lowest BCUT2D eigenvalue weighted by molar-refractivity contribution is -0.125. The third kappa shape index (κ3) is 3.04. The van der Waals surface area contributed by atoms with Gasteiger partial charge in [-0.25, -0.2) is 0 Å². The Kier molecular flexibility index (Phi) is 3.75. The number of rotatable bonds is 4. The van der Waals surface area contributed by atoms with E-state index >= 15 is 0 Å². The van der Waals surface area contributed by atoms with Crippen molar-refractivity contribution in [3.8, 4) is 0 Å². The first kappa shape index (κ1) is 12.1. The molecule has 2 rings (SSSR count). The quantitative estimate of drug-likeness (QED) is 0.549. The second-order valence-corrected chi connectivity index (χ2v) is 4.52. The van der Waals surface area contributed by atoms with E-state index < -0.39 is 6.10 Å². The Morgan fingerprint density at radius 2 is 2.47 bits per heavy atom. The van der Waals surface area contributed by atoms with Crippen molar-refractivity contribution in [2.75, 3.05) is 6.54 Å². The number of carbonyl (C=O) groups excluding carboxylic acids is 1. The molecule has 0 aromatic carbocycles. The number of nitrogens with two attached hydrogens (primary N) is 1. The molecule has 1 fully saturated rings. The number of carbonyl (C=O) groups is 1. The van der Waals surface area contributed by atoms with E-state index in [0.717, 1.165) is 12.1 Å². The molecule has 0 aliphatic heterocycles. The topological polar surface area (TPSA) is 104 Å². The molecule has 5 N–H and O–H groups in total. The molecule has 3 atom stereocenters. The van der Waals surface area contributed by atoms with E-state index in [1.807, 2.05) is 6.07 Å². The highest BCUT2D eigenvalue weighted by atomic mass is 16.3. The highest BCUT2D eigenvalue weighted by Crippen LogP contribution is 2.24. The van der Waals surface area contributed by atoms with Crippen LogP contribution in [-0.4, -0.2) is 39.9 Å². The minimum absolute atomic E-state index is 0.0171. The molecule has 6 heteroatoms. The molecule has 1 aromatic rings. The largest absolute Gasteiger partial charge is 0.391 e. The zero-order valence-corrected chi connectivity index (χ0v) is 9.60. The summed E-state index contributed by atoms with van der Waals surface area (Å²) in [4.78, 5) is 11.8. The fraction of sp³-hybridized carbons (Fsp3) is 0.636. The van der Waals surface area contributed by atoms with Crippen molar-refractivity contribution in [1.82, 2.24) is 15.5 Å². The Labute approximate surface area is 99.6 Å². The molecular formula is C11H18N4O2. The van der Waals surface area contributed by atoms with Gasteiger partial charge in [-0.15, -0.1) is 0 Å². The Hall–Kier alpha value is -1.40. The average molecular weight is 238 g/mol. The molecule has 0 unspecified atom stereocenters. The number of aromatic amines is 1. The molecule has 17 heavy (non-hydrogen) atoms. The van der Waals surface area contributed by atoms with E-state index in [1.165, 1.54) is 0 Å². The van der Waals surface area contributed by atoms with Crippen molar-refractivity contribution in [2.45, 2.75) is 31.4 Å². The molecule has 0 saturated heterocycles. The maximum Gasteiger partial charge on any atom is 0.223 e. The van der Waals surface area contributed by atoms with Gasteiger partial charge in [-0.3, -0.25) is 9.89 Å². The number of hydrogen-bond acceptors (Lipinski definition) is 4. The van der Waals surface area contributed by atoms with E-state index in [9.17, 15) is 9.90 Å². The molecule has 0 spiro atoms. The van der Waals surface area contributed by atoms with Crippen molar-refractivity contribution in [2.24, 2.45) is 11.7 Å². The van der Waals surface area contributed by atoms with Crippen LogP contribution in [0.3, 0.4) is 0 Å². The Morgan fingerprint density at radius 1 is 1.65 bits per heavy atom. The smallest absolute Gasteiger partial charge is 0.223 e. The summed E-state index contributed by atoms with van der Waals surface area (Å²) in [5.74, 6) is -0.168. The number of amides is 1. The predicted octanol–water partition coefficient (Wildman–Crippen LogP) is -0.833. The summed E-state index contributed by atoms with van der Waals surface area (Å²) in [7, 11) is 0. The summed E-state index contributed by atoms with van der Waals surface area (Å²) in [6.07, 6.45) is 2.91. The SMILES string of the molecule is N[C@H]1C[C@H](C(=O)NCCc2ccn[nH]2)C[C@@H]1O. The highest BCUT2D eigenvalue weighted by molar-refractivity contribution is 5.79. The molecule has 1 aliphatic rings. The van der Waals surface area contributed by atoms with Crippen LogP contribution in [0, 0.1) is 5.92 Å². The van der Waals surface area contributed by atoms with Crippen LogP contribution >= 0.6 is 0 Å². The summed E-state index contributed by atoms with van der Waals surface area (Å²) in [5.41, 5.74) is 6.66. The minimum atomic E-state index is -0.543. The lowest BCUT2D eigenvalue weighted by Crippen LogP contribution is -2.32. The van der Waals surface area contributed by atoms with Gasteiger partial charge >= 0.3 is 0 Å².